The number of aromatic nitrogens is 1. The normalized spacial score (nSPS) is 10.4. The first-order valence-corrected chi connectivity index (χ1v) is 6.42. The molecule has 3 nitrogen and oxygen atoms in total. The first-order chi connectivity index (χ1) is 8.74. The lowest BCUT2D eigenvalue weighted by atomic mass is 10.1. The van der Waals surface area contributed by atoms with Crippen LogP contribution in [0.4, 0.5) is 5.82 Å². The fourth-order valence-electron chi connectivity index (χ4n) is 1.95. The summed E-state index contributed by atoms with van der Waals surface area (Å²) in [4.78, 5) is 4.56. The van der Waals surface area contributed by atoms with Crippen molar-refractivity contribution in [1.82, 2.24) is 4.98 Å². The summed E-state index contributed by atoms with van der Waals surface area (Å²) in [6.07, 6.45) is 1.94. The van der Waals surface area contributed by atoms with Crippen molar-refractivity contribution in [3.05, 3.63) is 35.9 Å². The third-order valence-electron chi connectivity index (χ3n) is 3.07. The summed E-state index contributed by atoms with van der Waals surface area (Å²) in [5, 5.41) is 5.58. The zero-order valence-electron chi connectivity index (χ0n) is 11.2. The van der Waals surface area contributed by atoms with Gasteiger partial charge in [0, 0.05) is 11.1 Å². The van der Waals surface area contributed by atoms with Crippen molar-refractivity contribution >= 4 is 22.4 Å². The second-order valence-electron chi connectivity index (χ2n) is 4.34. The van der Waals surface area contributed by atoms with E-state index in [1.165, 1.54) is 10.9 Å². The van der Waals surface area contributed by atoms with Crippen LogP contribution in [0.15, 0.2) is 35.4 Å². The van der Waals surface area contributed by atoms with Gasteiger partial charge in [-0.2, -0.15) is 5.10 Å². The van der Waals surface area contributed by atoms with Crippen molar-refractivity contribution in [3.63, 3.8) is 0 Å². The van der Waals surface area contributed by atoms with Crippen LogP contribution in [0, 0.1) is 6.92 Å². The Morgan fingerprint density at radius 3 is 2.67 bits per heavy atom. The number of hydrogen-bond acceptors (Lipinski definition) is 3. The number of rotatable bonds is 4. The molecular formula is C15H19N3. The minimum absolute atomic E-state index is 0.811. The van der Waals surface area contributed by atoms with Gasteiger partial charge in [0.2, 0.25) is 0 Å². The maximum atomic E-state index is 4.56. The molecule has 0 unspecified atom stereocenters. The number of nitrogens with one attached hydrogen (secondary N) is 1. The molecule has 1 aromatic heterocycles. The van der Waals surface area contributed by atoms with E-state index in [4.69, 9.17) is 0 Å². The number of nitrogens with zero attached hydrogens (tertiary/aromatic N) is 2. The van der Waals surface area contributed by atoms with Crippen molar-refractivity contribution in [1.29, 1.82) is 0 Å². The summed E-state index contributed by atoms with van der Waals surface area (Å²) in [6.45, 7) is 6.33. The number of aryl methyl sites for hydroxylation is 1. The first-order valence-electron chi connectivity index (χ1n) is 6.42. The molecule has 1 N–H and O–H groups in total. The van der Waals surface area contributed by atoms with E-state index >= 15 is 0 Å². The van der Waals surface area contributed by atoms with E-state index in [0.29, 0.717) is 0 Å². The van der Waals surface area contributed by atoms with Crippen molar-refractivity contribution in [2.45, 2.75) is 33.6 Å². The summed E-state index contributed by atoms with van der Waals surface area (Å²) in [5.41, 5.74) is 6.43. The Kier molecular flexibility index (Phi) is 3.92. The van der Waals surface area contributed by atoms with Gasteiger partial charge in [-0.05, 0) is 37.5 Å². The van der Waals surface area contributed by atoms with E-state index in [1.54, 1.807) is 0 Å². The molecule has 1 heterocycles. The molecule has 0 fully saturated rings. The number of benzene rings is 1. The van der Waals surface area contributed by atoms with E-state index in [1.807, 2.05) is 24.3 Å². The maximum absolute atomic E-state index is 4.56. The number of hydrogen-bond donors (Lipinski definition) is 1. The molecule has 0 amide bonds. The Morgan fingerprint density at radius 2 is 1.94 bits per heavy atom. The highest BCUT2D eigenvalue weighted by Gasteiger charge is 2.01. The first kappa shape index (κ1) is 12.6. The van der Waals surface area contributed by atoms with Gasteiger partial charge in [-0.15, -0.1) is 0 Å². The summed E-state index contributed by atoms with van der Waals surface area (Å²) < 4.78 is 0. The SMILES string of the molecule is CCC(CC)=NNc1cc(C)c2ccccc2n1. The van der Waals surface area contributed by atoms with Gasteiger partial charge in [0.15, 0.2) is 0 Å². The van der Waals surface area contributed by atoms with Crippen LogP contribution in [0.5, 0.6) is 0 Å². The summed E-state index contributed by atoms with van der Waals surface area (Å²) >= 11 is 0. The molecule has 94 valence electrons. The van der Waals surface area contributed by atoms with Crippen LogP contribution in [0.2, 0.25) is 0 Å². The lowest BCUT2D eigenvalue weighted by Crippen LogP contribution is -2.01. The highest BCUT2D eigenvalue weighted by atomic mass is 15.3. The molecule has 0 radical (unpaired) electrons. The van der Waals surface area contributed by atoms with Gasteiger partial charge < -0.3 is 0 Å². The van der Waals surface area contributed by atoms with Crippen molar-refractivity contribution in [2.75, 3.05) is 5.43 Å². The minimum atomic E-state index is 0.811. The van der Waals surface area contributed by atoms with Gasteiger partial charge in [-0.3, -0.25) is 5.43 Å². The summed E-state index contributed by atoms with van der Waals surface area (Å²) in [5.74, 6) is 0.811. The monoisotopic (exact) mass is 241 g/mol. The molecule has 2 aromatic rings. The Labute approximate surface area is 108 Å². The molecule has 0 saturated carbocycles. The van der Waals surface area contributed by atoms with E-state index in [0.717, 1.165) is 29.9 Å². The van der Waals surface area contributed by atoms with Gasteiger partial charge in [-0.25, -0.2) is 4.98 Å². The largest absolute Gasteiger partial charge is 0.261 e. The number of para-hydroxylation sites is 1. The molecule has 0 spiro atoms. The highest BCUT2D eigenvalue weighted by Crippen LogP contribution is 2.19. The molecule has 0 atom stereocenters. The van der Waals surface area contributed by atoms with Crippen LogP contribution < -0.4 is 5.43 Å². The van der Waals surface area contributed by atoms with Gasteiger partial charge in [-0.1, -0.05) is 32.0 Å². The fourth-order valence-corrected chi connectivity index (χ4v) is 1.95. The van der Waals surface area contributed by atoms with Crippen LogP contribution in [0.25, 0.3) is 10.9 Å². The van der Waals surface area contributed by atoms with Crippen LogP contribution >= 0.6 is 0 Å². The lowest BCUT2D eigenvalue weighted by molar-refractivity contribution is 1.11. The Hall–Kier alpha value is -1.90. The predicted octanol–water partition coefficient (Wildman–Crippen LogP) is 4.13. The van der Waals surface area contributed by atoms with Crippen LogP contribution in [0.1, 0.15) is 32.3 Å². The van der Waals surface area contributed by atoms with Crippen molar-refractivity contribution in [3.8, 4) is 0 Å². The van der Waals surface area contributed by atoms with Crippen molar-refractivity contribution in [2.24, 2.45) is 5.10 Å². The Morgan fingerprint density at radius 1 is 1.22 bits per heavy atom. The molecular weight excluding hydrogens is 222 g/mol. The van der Waals surface area contributed by atoms with Gasteiger partial charge >= 0.3 is 0 Å². The average molecular weight is 241 g/mol. The van der Waals surface area contributed by atoms with Gasteiger partial charge in [0.1, 0.15) is 5.82 Å². The predicted molar refractivity (Wildman–Crippen MR) is 78.1 cm³/mol. The van der Waals surface area contributed by atoms with Gasteiger partial charge in [0.05, 0.1) is 5.52 Å². The molecule has 0 bridgehead atoms. The summed E-state index contributed by atoms with van der Waals surface area (Å²) in [6, 6.07) is 10.2. The standard InChI is InChI=1S/C15H19N3/c1-4-12(5-2)17-18-15-10-11(3)13-8-6-7-9-14(13)16-15/h6-10H,4-5H2,1-3H3,(H,16,18). The molecule has 18 heavy (non-hydrogen) atoms. The molecule has 3 heteroatoms. The summed E-state index contributed by atoms with van der Waals surface area (Å²) in [7, 11) is 0. The van der Waals surface area contributed by atoms with E-state index in [-0.39, 0.29) is 0 Å². The van der Waals surface area contributed by atoms with Gasteiger partial charge in [0.25, 0.3) is 0 Å². The number of fused-ring (bicyclic) bond motifs is 1. The van der Waals surface area contributed by atoms with Crippen LogP contribution in [-0.4, -0.2) is 10.7 Å². The topological polar surface area (TPSA) is 37.3 Å². The van der Waals surface area contributed by atoms with E-state index < -0.39 is 0 Å². The third kappa shape index (κ3) is 2.67. The maximum Gasteiger partial charge on any atom is 0.147 e. The Bertz CT molecular complexity index is 567. The van der Waals surface area contributed by atoms with Crippen LogP contribution in [-0.2, 0) is 0 Å². The quantitative estimate of drug-likeness (QED) is 0.645. The molecule has 2 rings (SSSR count). The molecule has 0 saturated heterocycles. The third-order valence-corrected chi connectivity index (χ3v) is 3.07. The van der Waals surface area contributed by atoms with E-state index in [9.17, 15) is 0 Å². The van der Waals surface area contributed by atoms with E-state index in [2.05, 4.69) is 42.3 Å². The molecule has 1 aromatic carbocycles. The zero-order valence-corrected chi connectivity index (χ0v) is 11.2. The highest BCUT2D eigenvalue weighted by molar-refractivity contribution is 5.85. The molecule has 0 aliphatic carbocycles. The number of pyridine rings is 1. The fraction of sp³-hybridized carbons (Fsp3) is 0.333. The number of hydrazone groups is 1. The number of anilines is 1. The Balaban J connectivity index is 2.32. The van der Waals surface area contributed by atoms with Crippen molar-refractivity contribution < 1.29 is 0 Å². The zero-order chi connectivity index (χ0) is 13.0. The average Bonchev–Trinajstić information content (AvgIpc) is 2.40. The second-order valence-corrected chi connectivity index (χ2v) is 4.34. The molecule has 0 aliphatic heterocycles. The smallest absolute Gasteiger partial charge is 0.147 e. The van der Waals surface area contributed by atoms with Crippen LogP contribution in [0.3, 0.4) is 0 Å². The minimum Gasteiger partial charge on any atom is -0.261 e. The second kappa shape index (κ2) is 5.63. The lowest BCUT2D eigenvalue weighted by Gasteiger charge is -2.06. The molecule has 0 aliphatic rings.